The zero-order chi connectivity index (χ0) is 13.2. The number of likely N-dealkylation sites (tertiary alicyclic amines) is 1. The second kappa shape index (κ2) is 5.30. The number of carbonyl (C=O) groups excluding carboxylic acids is 1. The van der Waals surface area contributed by atoms with Gasteiger partial charge in [0.2, 0.25) is 5.91 Å². The summed E-state index contributed by atoms with van der Waals surface area (Å²) in [6.07, 6.45) is -0.973. The molecule has 0 aromatic carbocycles. The summed E-state index contributed by atoms with van der Waals surface area (Å²) in [4.78, 5) is 13.1. The molecule has 1 saturated heterocycles. The van der Waals surface area contributed by atoms with Crippen LogP contribution in [0.25, 0.3) is 0 Å². The summed E-state index contributed by atoms with van der Waals surface area (Å²) in [6, 6.07) is 0. The van der Waals surface area contributed by atoms with Crippen molar-refractivity contribution in [1.82, 2.24) is 4.90 Å². The Morgan fingerprint density at radius 1 is 1.53 bits per heavy atom. The first-order valence-corrected chi connectivity index (χ1v) is 7.37. The molecule has 5 nitrogen and oxygen atoms in total. The van der Waals surface area contributed by atoms with Gasteiger partial charge in [-0.1, -0.05) is 13.8 Å². The largest absolute Gasteiger partial charge is 0.337 e. The van der Waals surface area contributed by atoms with E-state index < -0.39 is 22.4 Å². The molecule has 0 bridgehead atoms. The van der Waals surface area contributed by atoms with Gasteiger partial charge in [0.15, 0.2) is 0 Å². The van der Waals surface area contributed by atoms with E-state index in [2.05, 4.69) is 4.18 Å². The van der Waals surface area contributed by atoms with Gasteiger partial charge in [0, 0.05) is 5.92 Å². The number of halogens is 1. The minimum atomic E-state index is -3.69. The third kappa shape index (κ3) is 3.92. The fourth-order valence-corrected chi connectivity index (χ4v) is 2.35. The highest BCUT2D eigenvalue weighted by molar-refractivity contribution is 7.86. The maximum Gasteiger partial charge on any atom is 0.264 e. The number of hydrogen-bond acceptors (Lipinski definition) is 4. The Balaban J connectivity index is 2.63. The van der Waals surface area contributed by atoms with Gasteiger partial charge < -0.3 is 4.90 Å². The molecule has 1 aliphatic heterocycles. The van der Waals surface area contributed by atoms with E-state index >= 15 is 0 Å². The lowest BCUT2D eigenvalue weighted by molar-refractivity contribution is -0.134. The van der Waals surface area contributed by atoms with Crippen LogP contribution < -0.4 is 0 Å². The average molecular weight is 267 g/mol. The van der Waals surface area contributed by atoms with Crippen molar-refractivity contribution >= 4 is 16.0 Å². The third-order valence-electron chi connectivity index (χ3n) is 2.84. The van der Waals surface area contributed by atoms with Gasteiger partial charge in [-0.15, -0.1) is 0 Å². The second-order valence-corrected chi connectivity index (χ2v) is 6.01. The Morgan fingerprint density at radius 3 is 2.59 bits per heavy atom. The van der Waals surface area contributed by atoms with Crippen molar-refractivity contribution < 1.29 is 21.8 Å². The van der Waals surface area contributed by atoms with E-state index in [1.165, 1.54) is 4.90 Å². The molecule has 0 aromatic rings. The lowest BCUT2D eigenvalue weighted by atomic mass is 10.1. The fraction of sp³-hybridized carbons (Fsp3) is 0.900. The highest BCUT2D eigenvalue weighted by Crippen LogP contribution is 2.20. The Morgan fingerprint density at radius 2 is 2.12 bits per heavy atom. The van der Waals surface area contributed by atoms with Crippen LogP contribution in [0.5, 0.6) is 0 Å². The molecule has 1 heterocycles. The van der Waals surface area contributed by atoms with Crippen LogP contribution in [0.15, 0.2) is 0 Å². The summed E-state index contributed by atoms with van der Waals surface area (Å²) >= 11 is 0. The molecule has 100 valence electrons. The van der Waals surface area contributed by atoms with Gasteiger partial charge >= 0.3 is 0 Å². The molecule has 0 aliphatic carbocycles. The summed E-state index contributed by atoms with van der Waals surface area (Å²) in [5, 5.41) is 0. The SMILES string of the molecule is CCC(C)C(=O)N1C[C@@H](F)[C@H](OS(C)(=O)=O)C1. The molecule has 7 heteroatoms. The van der Waals surface area contributed by atoms with Crippen LogP contribution in [0.2, 0.25) is 0 Å². The van der Waals surface area contributed by atoms with E-state index in [1.54, 1.807) is 6.92 Å². The lowest BCUT2D eigenvalue weighted by Crippen LogP contribution is -2.34. The summed E-state index contributed by atoms with van der Waals surface area (Å²) in [5.74, 6) is -0.339. The lowest BCUT2D eigenvalue weighted by Gasteiger charge is -2.19. The Hall–Kier alpha value is -0.690. The zero-order valence-corrected chi connectivity index (χ0v) is 11.0. The Labute approximate surface area is 101 Å². The van der Waals surface area contributed by atoms with E-state index in [1.807, 2.05) is 6.92 Å². The zero-order valence-electron chi connectivity index (χ0n) is 10.2. The van der Waals surface area contributed by atoms with Gasteiger partial charge in [0.25, 0.3) is 10.1 Å². The monoisotopic (exact) mass is 267 g/mol. The second-order valence-electron chi connectivity index (χ2n) is 4.41. The number of nitrogens with zero attached hydrogens (tertiary/aromatic N) is 1. The van der Waals surface area contributed by atoms with Gasteiger partial charge in [-0.05, 0) is 6.42 Å². The number of carbonyl (C=O) groups is 1. The van der Waals surface area contributed by atoms with Crippen molar-refractivity contribution in [2.24, 2.45) is 5.92 Å². The highest BCUT2D eigenvalue weighted by Gasteiger charge is 2.39. The smallest absolute Gasteiger partial charge is 0.264 e. The van der Waals surface area contributed by atoms with Crippen molar-refractivity contribution in [1.29, 1.82) is 0 Å². The first kappa shape index (κ1) is 14.4. The molecule has 17 heavy (non-hydrogen) atoms. The molecule has 0 radical (unpaired) electrons. The standard InChI is InChI=1S/C10H18FNO4S/c1-4-7(2)10(13)12-5-8(11)9(6-12)16-17(3,14)15/h7-9H,4-6H2,1-3H3/t7?,8-,9-/m1/s1. The van der Waals surface area contributed by atoms with Crippen LogP contribution >= 0.6 is 0 Å². The van der Waals surface area contributed by atoms with E-state index in [-0.39, 0.29) is 24.9 Å². The predicted molar refractivity (Wildman–Crippen MR) is 60.6 cm³/mol. The number of alkyl halides is 1. The Kier molecular flexibility index (Phi) is 4.48. The maximum absolute atomic E-state index is 13.5. The molecule has 0 N–H and O–H groups in total. The summed E-state index contributed by atoms with van der Waals surface area (Å²) in [7, 11) is -3.69. The summed E-state index contributed by atoms with van der Waals surface area (Å²) in [6.45, 7) is 3.54. The normalized spacial score (nSPS) is 27.2. The van der Waals surface area contributed by atoms with Gasteiger partial charge in [0.1, 0.15) is 12.3 Å². The number of hydrogen-bond donors (Lipinski definition) is 0. The van der Waals surface area contributed by atoms with Gasteiger partial charge in [-0.25, -0.2) is 4.39 Å². The first-order valence-electron chi connectivity index (χ1n) is 5.55. The molecule has 1 amide bonds. The minimum Gasteiger partial charge on any atom is -0.337 e. The van der Waals surface area contributed by atoms with Gasteiger partial charge in [-0.2, -0.15) is 8.42 Å². The van der Waals surface area contributed by atoms with Crippen LogP contribution in [0.1, 0.15) is 20.3 Å². The molecule has 0 saturated carbocycles. The van der Waals surface area contributed by atoms with Crippen molar-refractivity contribution in [3.05, 3.63) is 0 Å². The molecule has 1 rings (SSSR count). The topological polar surface area (TPSA) is 63.7 Å². The van der Waals surface area contributed by atoms with Gasteiger partial charge in [0.05, 0.1) is 19.3 Å². The van der Waals surface area contributed by atoms with Crippen LogP contribution in [0.4, 0.5) is 4.39 Å². The van der Waals surface area contributed by atoms with Crippen molar-refractivity contribution in [3.63, 3.8) is 0 Å². The molecule has 0 spiro atoms. The quantitative estimate of drug-likeness (QED) is 0.698. The van der Waals surface area contributed by atoms with Crippen LogP contribution in [-0.2, 0) is 19.1 Å². The van der Waals surface area contributed by atoms with Crippen LogP contribution in [-0.4, -0.2) is 50.8 Å². The first-order chi connectivity index (χ1) is 7.74. The predicted octanol–water partition coefficient (Wildman–Crippen LogP) is 0.558. The van der Waals surface area contributed by atoms with Crippen LogP contribution in [0, 0.1) is 5.92 Å². The van der Waals surface area contributed by atoms with E-state index in [9.17, 15) is 17.6 Å². The highest BCUT2D eigenvalue weighted by atomic mass is 32.2. The molecule has 0 aromatic heterocycles. The maximum atomic E-state index is 13.5. The number of rotatable bonds is 4. The summed E-state index contributed by atoms with van der Waals surface area (Å²) < 4.78 is 39.9. The summed E-state index contributed by atoms with van der Waals surface area (Å²) in [5.41, 5.74) is 0. The number of amides is 1. The van der Waals surface area contributed by atoms with Crippen molar-refractivity contribution in [2.75, 3.05) is 19.3 Å². The molecular formula is C10H18FNO4S. The third-order valence-corrected chi connectivity index (χ3v) is 3.44. The molecule has 3 atom stereocenters. The van der Waals surface area contributed by atoms with E-state index in [0.29, 0.717) is 6.42 Å². The Bertz CT molecular complexity index is 384. The fourth-order valence-electron chi connectivity index (χ4n) is 1.72. The molecule has 1 fully saturated rings. The van der Waals surface area contributed by atoms with E-state index in [0.717, 1.165) is 6.26 Å². The van der Waals surface area contributed by atoms with Crippen LogP contribution in [0.3, 0.4) is 0 Å². The molecular weight excluding hydrogens is 249 g/mol. The minimum absolute atomic E-state index is 0.00257. The molecule has 1 aliphatic rings. The van der Waals surface area contributed by atoms with Crippen molar-refractivity contribution in [3.8, 4) is 0 Å². The van der Waals surface area contributed by atoms with Crippen molar-refractivity contribution in [2.45, 2.75) is 32.5 Å². The van der Waals surface area contributed by atoms with E-state index in [4.69, 9.17) is 0 Å². The average Bonchev–Trinajstić information content (AvgIpc) is 2.55. The van der Waals surface area contributed by atoms with Gasteiger partial charge in [-0.3, -0.25) is 8.98 Å². The molecule has 1 unspecified atom stereocenters.